The molecule has 1 aliphatic heterocycles. The van der Waals surface area contributed by atoms with Gasteiger partial charge in [-0.15, -0.1) is 0 Å². The Bertz CT molecular complexity index is 1270. The average Bonchev–Trinajstić information content (AvgIpc) is 3.46. The molecule has 6 heteroatoms. The van der Waals surface area contributed by atoms with Crippen LogP contribution in [0.25, 0.3) is 0 Å². The molecule has 1 fully saturated rings. The van der Waals surface area contributed by atoms with E-state index in [2.05, 4.69) is 77.1 Å². The van der Waals surface area contributed by atoms with E-state index in [1.165, 1.54) is 11.3 Å². The SMILES string of the molecule is Cc1ccc(Oc2ccc(N3C(=S)NC(c4ccccn4)C3c3cccn3C(C)C)cc2)cc1. The van der Waals surface area contributed by atoms with Gasteiger partial charge >= 0.3 is 0 Å². The molecule has 0 radical (unpaired) electrons. The number of nitrogens with zero attached hydrogens (tertiary/aromatic N) is 3. The number of anilines is 1. The van der Waals surface area contributed by atoms with Gasteiger partial charge in [0.05, 0.1) is 11.7 Å². The molecule has 2 atom stereocenters. The van der Waals surface area contributed by atoms with E-state index < -0.39 is 0 Å². The molecule has 4 aromatic rings. The first-order chi connectivity index (χ1) is 16.5. The third-order valence-corrected chi connectivity index (χ3v) is 6.46. The monoisotopic (exact) mass is 468 g/mol. The first-order valence-corrected chi connectivity index (χ1v) is 11.9. The fraction of sp³-hybridized carbons (Fsp3) is 0.214. The van der Waals surface area contributed by atoms with Gasteiger partial charge in [-0.3, -0.25) is 4.98 Å². The third-order valence-electron chi connectivity index (χ3n) is 6.14. The lowest BCUT2D eigenvalue weighted by molar-refractivity contribution is 0.482. The summed E-state index contributed by atoms with van der Waals surface area (Å²) in [5, 5.41) is 4.22. The standard InChI is InChI=1S/C28H28N4OS/c1-19(2)31-18-6-8-25(31)27-26(24-7-4-5-17-29-24)30-28(34)32(27)21-11-15-23(16-12-21)33-22-13-9-20(3)10-14-22/h4-19,26-27H,1-3H3,(H,30,34). The summed E-state index contributed by atoms with van der Waals surface area (Å²) in [4.78, 5) is 6.84. The van der Waals surface area contributed by atoms with Gasteiger partial charge in [0.25, 0.3) is 0 Å². The van der Waals surface area contributed by atoms with Gasteiger partial charge in [0.2, 0.25) is 0 Å². The Kier molecular flexibility index (Phi) is 6.07. The maximum atomic E-state index is 6.04. The van der Waals surface area contributed by atoms with Crippen LogP contribution in [0.5, 0.6) is 11.5 Å². The smallest absolute Gasteiger partial charge is 0.174 e. The van der Waals surface area contributed by atoms with Crippen LogP contribution in [0, 0.1) is 6.92 Å². The van der Waals surface area contributed by atoms with Crippen LogP contribution in [-0.4, -0.2) is 14.7 Å². The maximum Gasteiger partial charge on any atom is 0.174 e. The predicted octanol–water partition coefficient (Wildman–Crippen LogP) is 6.74. The van der Waals surface area contributed by atoms with Gasteiger partial charge in [-0.25, -0.2) is 0 Å². The molecule has 0 amide bonds. The summed E-state index contributed by atoms with van der Waals surface area (Å²) in [6.45, 7) is 6.46. The number of hydrogen-bond acceptors (Lipinski definition) is 3. The molecule has 1 saturated heterocycles. The van der Waals surface area contributed by atoms with E-state index in [1.807, 2.05) is 54.7 Å². The summed E-state index contributed by atoms with van der Waals surface area (Å²) in [5.41, 5.74) is 4.37. The van der Waals surface area contributed by atoms with Crippen LogP contribution in [0.15, 0.2) is 91.3 Å². The Morgan fingerprint density at radius 2 is 1.62 bits per heavy atom. The Morgan fingerprint density at radius 3 is 2.26 bits per heavy atom. The fourth-order valence-electron chi connectivity index (χ4n) is 4.48. The average molecular weight is 469 g/mol. The molecule has 1 N–H and O–H groups in total. The lowest BCUT2D eigenvalue weighted by atomic mass is 10.0. The van der Waals surface area contributed by atoms with Crippen molar-refractivity contribution in [2.75, 3.05) is 4.90 Å². The minimum atomic E-state index is -0.0652. The summed E-state index contributed by atoms with van der Waals surface area (Å²) >= 11 is 5.86. The van der Waals surface area contributed by atoms with Crippen molar-refractivity contribution in [1.29, 1.82) is 0 Å². The summed E-state index contributed by atoms with van der Waals surface area (Å²) in [7, 11) is 0. The van der Waals surface area contributed by atoms with Gasteiger partial charge in [0, 0.05) is 29.8 Å². The quantitative estimate of drug-likeness (QED) is 0.317. The zero-order chi connectivity index (χ0) is 23.7. The maximum absolute atomic E-state index is 6.04. The van der Waals surface area contributed by atoms with Crippen molar-refractivity contribution in [2.24, 2.45) is 0 Å². The van der Waals surface area contributed by atoms with Gasteiger partial charge in [0.1, 0.15) is 17.5 Å². The molecule has 2 unspecified atom stereocenters. The van der Waals surface area contributed by atoms with E-state index in [1.54, 1.807) is 0 Å². The lowest BCUT2D eigenvalue weighted by Crippen LogP contribution is -2.30. The minimum Gasteiger partial charge on any atom is -0.457 e. The summed E-state index contributed by atoms with van der Waals surface area (Å²) < 4.78 is 8.34. The van der Waals surface area contributed by atoms with E-state index in [4.69, 9.17) is 17.0 Å². The van der Waals surface area contributed by atoms with Gasteiger partial charge in [-0.05, 0) is 93.7 Å². The van der Waals surface area contributed by atoms with E-state index in [0.29, 0.717) is 11.2 Å². The van der Waals surface area contributed by atoms with E-state index >= 15 is 0 Å². The summed E-state index contributed by atoms with van der Waals surface area (Å²) in [6.07, 6.45) is 3.96. The molecule has 5 nitrogen and oxygen atoms in total. The van der Waals surface area contributed by atoms with E-state index in [-0.39, 0.29) is 12.1 Å². The van der Waals surface area contributed by atoms with Crippen molar-refractivity contribution in [3.05, 3.63) is 108 Å². The lowest BCUT2D eigenvalue weighted by Gasteiger charge is -2.30. The number of aromatic nitrogens is 2. The van der Waals surface area contributed by atoms with Crippen LogP contribution in [0.3, 0.4) is 0 Å². The molecular formula is C28H28N4OS. The second-order valence-corrected chi connectivity index (χ2v) is 9.23. The van der Waals surface area contributed by atoms with Crippen molar-refractivity contribution in [1.82, 2.24) is 14.9 Å². The predicted molar refractivity (Wildman–Crippen MR) is 140 cm³/mol. The van der Waals surface area contributed by atoms with Crippen LogP contribution in [0.1, 0.15) is 48.9 Å². The van der Waals surface area contributed by atoms with Gasteiger partial charge < -0.3 is 19.5 Å². The Balaban J connectivity index is 1.50. The number of nitrogens with one attached hydrogen (secondary N) is 1. The fourth-order valence-corrected chi connectivity index (χ4v) is 4.82. The second-order valence-electron chi connectivity index (χ2n) is 8.84. The van der Waals surface area contributed by atoms with Crippen LogP contribution < -0.4 is 15.0 Å². The minimum absolute atomic E-state index is 0.0383. The first kappa shape index (κ1) is 22.2. The highest BCUT2D eigenvalue weighted by molar-refractivity contribution is 7.80. The number of hydrogen-bond donors (Lipinski definition) is 1. The number of pyridine rings is 1. The van der Waals surface area contributed by atoms with Crippen molar-refractivity contribution in [3.8, 4) is 11.5 Å². The zero-order valence-corrected chi connectivity index (χ0v) is 20.4. The molecule has 5 rings (SSSR count). The highest BCUT2D eigenvalue weighted by Crippen LogP contribution is 2.42. The summed E-state index contributed by atoms with van der Waals surface area (Å²) in [6, 6.07) is 26.7. The molecule has 34 heavy (non-hydrogen) atoms. The molecule has 1 aliphatic rings. The van der Waals surface area contributed by atoms with Crippen LogP contribution in [-0.2, 0) is 0 Å². The van der Waals surface area contributed by atoms with Crippen LogP contribution in [0.2, 0.25) is 0 Å². The molecule has 0 aliphatic carbocycles. The molecule has 0 saturated carbocycles. The molecule has 0 bridgehead atoms. The Labute approximate surface area is 206 Å². The highest BCUT2D eigenvalue weighted by Gasteiger charge is 2.42. The second kappa shape index (κ2) is 9.31. The summed E-state index contributed by atoms with van der Waals surface area (Å²) in [5.74, 6) is 1.61. The molecule has 172 valence electrons. The van der Waals surface area contributed by atoms with Crippen molar-refractivity contribution < 1.29 is 4.74 Å². The first-order valence-electron chi connectivity index (χ1n) is 11.5. The number of ether oxygens (including phenoxy) is 1. The van der Waals surface area contributed by atoms with Crippen LogP contribution in [0.4, 0.5) is 5.69 Å². The highest BCUT2D eigenvalue weighted by atomic mass is 32.1. The van der Waals surface area contributed by atoms with Gasteiger partial charge in [0.15, 0.2) is 5.11 Å². The molecule has 2 aromatic heterocycles. The Morgan fingerprint density at radius 1 is 0.912 bits per heavy atom. The zero-order valence-electron chi connectivity index (χ0n) is 19.6. The van der Waals surface area contributed by atoms with Crippen LogP contribution >= 0.6 is 12.2 Å². The topological polar surface area (TPSA) is 42.3 Å². The number of rotatable bonds is 6. The van der Waals surface area contributed by atoms with Gasteiger partial charge in [-0.2, -0.15) is 0 Å². The van der Waals surface area contributed by atoms with Gasteiger partial charge in [-0.1, -0.05) is 23.8 Å². The number of thiocarbonyl (C=S) groups is 1. The molecule has 2 aromatic carbocycles. The van der Waals surface area contributed by atoms with E-state index in [9.17, 15) is 0 Å². The normalized spacial score (nSPS) is 17.8. The molecular weight excluding hydrogens is 440 g/mol. The van der Waals surface area contributed by atoms with Crippen molar-refractivity contribution >= 4 is 23.0 Å². The Hall–Kier alpha value is -3.64. The molecule has 3 heterocycles. The largest absolute Gasteiger partial charge is 0.457 e. The number of aryl methyl sites for hydroxylation is 1. The van der Waals surface area contributed by atoms with E-state index in [0.717, 1.165) is 22.9 Å². The van der Waals surface area contributed by atoms with Crippen molar-refractivity contribution in [2.45, 2.75) is 38.9 Å². The molecule has 0 spiro atoms. The number of benzene rings is 2. The van der Waals surface area contributed by atoms with Crippen molar-refractivity contribution in [3.63, 3.8) is 0 Å². The third kappa shape index (κ3) is 4.29.